The summed E-state index contributed by atoms with van der Waals surface area (Å²) in [6, 6.07) is 11.7. The number of carbonyl (C=O) groups excluding carboxylic acids is 1. The van der Waals surface area contributed by atoms with E-state index in [1.807, 2.05) is 5.38 Å². The molecule has 9 heteroatoms. The van der Waals surface area contributed by atoms with Crippen LogP contribution in [0.3, 0.4) is 0 Å². The highest BCUT2D eigenvalue weighted by molar-refractivity contribution is 7.92. The molecule has 2 heterocycles. The third-order valence-electron chi connectivity index (χ3n) is 5.56. The Morgan fingerprint density at radius 3 is 2.69 bits per heavy atom. The van der Waals surface area contributed by atoms with Gasteiger partial charge in [-0.15, -0.1) is 11.3 Å². The molecule has 1 N–H and O–H groups in total. The van der Waals surface area contributed by atoms with E-state index in [1.54, 1.807) is 47.4 Å². The van der Waals surface area contributed by atoms with E-state index in [0.29, 0.717) is 35.7 Å². The zero-order valence-electron chi connectivity index (χ0n) is 18.0. The molecule has 0 fully saturated rings. The number of fused-ring (bicyclic) bond motifs is 1. The van der Waals surface area contributed by atoms with Crippen molar-refractivity contribution in [3.8, 4) is 11.5 Å². The zero-order valence-corrected chi connectivity index (χ0v) is 19.7. The number of nitrogens with one attached hydrogen (secondary N) is 1. The van der Waals surface area contributed by atoms with E-state index >= 15 is 0 Å². The fourth-order valence-electron chi connectivity index (χ4n) is 3.76. The monoisotopic (exact) mass is 472 g/mol. The number of carbonyl (C=O) groups is 1. The Kier molecular flexibility index (Phi) is 6.12. The fourth-order valence-corrected chi connectivity index (χ4v) is 5.96. The van der Waals surface area contributed by atoms with Crippen molar-refractivity contribution in [1.82, 2.24) is 4.90 Å². The number of hydrogen-bond acceptors (Lipinski definition) is 6. The second-order valence-corrected chi connectivity index (χ2v) is 10.1. The van der Waals surface area contributed by atoms with Gasteiger partial charge in [0.25, 0.3) is 15.9 Å². The molecule has 7 nitrogen and oxygen atoms in total. The number of sulfonamides is 1. The maximum Gasteiger partial charge on any atom is 0.265 e. The summed E-state index contributed by atoms with van der Waals surface area (Å²) in [6.45, 7) is 2.95. The van der Waals surface area contributed by atoms with Crippen LogP contribution in [0.15, 0.2) is 52.7 Å². The first-order valence-corrected chi connectivity index (χ1v) is 12.4. The van der Waals surface area contributed by atoms with Gasteiger partial charge in [-0.25, -0.2) is 8.42 Å². The molecule has 1 aliphatic rings. The number of anilines is 1. The lowest BCUT2D eigenvalue weighted by atomic mass is 10.0. The van der Waals surface area contributed by atoms with Crippen LogP contribution in [0, 0.1) is 6.92 Å². The summed E-state index contributed by atoms with van der Waals surface area (Å²) in [5.41, 5.74) is 2.56. The second-order valence-electron chi connectivity index (χ2n) is 7.45. The lowest BCUT2D eigenvalue weighted by Crippen LogP contribution is -2.35. The van der Waals surface area contributed by atoms with Gasteiger partial charge in [0, 0.05) is 29.6 Å². The SMILES string of the molecule is COc1ccc(OC)c(S(=O)(=O)Nc2cccc(C(=O)N3CCc4sccc4C3)c2C)c1. The van der Waals surface area contributed by atoms with Gasteiger partial charge in [0.15, 0.2) is 0 Å². The van der Waals surface area contributed by atoms with Gasteiger partial charge in [-0.3, -0.25) is 9.52 Å². The molecule has 168 valence electrons. The topological polar surface area (TPSA) is 84.9 Å². The van der Waals surface area contributed by atoms with Crippen molar-refractivity contribution in [3.05, 3.63) is 69.4 Å². The number of methoxy groups -OCH3 is 2. The predicted octanol–water partition coefficient (Wildman–Crippen LogP) is 4.07. The summed E-state index contributed by atoms with van der Waals surface area (Å²) in [5.74, 6) is 0.479. The quantitative estimate of drug-likeness (QED) is 0.585. The maximum atomic E-state index is 13.2. The minimum Gasteiger partial charge on any atom is -0.497 e. The minimum absolute atomic E-state index is 0.0449. The molecule has 1 aromatic heterocycles. The molecule has 2 aromatic carbocycles. The molecule has 0 radical (unpaired) electrons. The second kappa shape index (κ2) is 8.84. The van der Waals surface area contributed by atoms with Crippen molar-refractivity contribution in [3.63, 3.8) is 0 Å². The maximum absolute atomic E-state index is 13.2. The van der Waals surface area contributed by atoms with Gasteiger partial charge in [0.05, 0.1) is 19.9 Å². The Morgan fingerprint density at radius 1 is 1.12 bits per heavy atom. The minimum atomic E-state index is -3.99. The van der Waals surface area contributed by atoms with Crippen LogP contribution >= 0.6 is 11.3 Å². The number of amides is 1. The standard InChI is InChI=1S/C23H24N2O5S2/c1-15-18(23(26)25-11-9-21-16(14-25)10-12-31-21)5-4-6-19(15)24-32(27,28)22-13-17(29-2)7-8-20(22)30-3/h4-8,10,12-13,24H,9,11,14H2,1-3H3. The predicted molar refractivity (Wildman–Crippen MR) is 124 cm³/mol. The van der Waals surface area contributed by atoms with Gasteiger partial charge in [0.2, 0.25) is 0 Å². The lowest BCUT2D eigenvalue weighted by molar-refractivity contribution is 0.0735. The molecule has 32 heavy (non-hydrogen) atoms. The summed E-state index contributed by atoms with van der Waals surface area (Å²) < 4.78 is 39.3. The van der Waals surface area contributed by atoms with Crippen LogP contribution in [0.1, 0.15) is 26.4 Å². The highest BCUT2D eigenvalue weighted by Crippen LogP contribution is 2.32. The van der Waals surface area contributed by atoms with E-state index in [2.05, 4.69) is 10.8 Å². The average molecular weight is 473 g/mol. The van der Waals surface area contributed by atoms with Crippen molar-refractivity contribution in [2.75, 3.05) is 25.5 Å². The first-order valence-electron chi connectivity index (χ1n) is 10.0. The molecular formula is C23H24N2O5S2. The first kappa shape index (κ1) is 22.2. The summed E-state index contributed by atoms with van der Waals surface area (Å²) in [6.07, 6.45) is 0.833. The largest absolute Gasteiger partial charge is 0.497 e. The molecule has 3 aromatic rings. The molecular weight excluding hydrogens is 448 g/mol. The third kappa shape index (κ3) is 4.18. The average Bonchev–Trinajstić information content (AvgIpc) is 3.27. The van der Waals surface area contributed by atoms with E-state index in [9.17, 15) is 13.2 Å². The van der Waals surface area contributed by atoms with Crippen LogP contribution in [-0.4, -0.2) is 40.0 Å². The molecule has 0 atom stereocenters. The fraction of sp³-hybridized carbons (Fsp3) is 0.261. The first-order chi connectivity index (χ1) is 15.3. The van der Waals surface area contributed by atoms with Crippen LogP contribution in [0.2, 0.25) is 0 Å². The number of benzene rings is 2. The van der Waals surface area contributed by atoms with Gasteiger partial charge in [-0.2, -0.15) is 0 Å². The highest BCUT2D eigenvalue weighted by Gasteiger charge is 2.26. The number of thiophene rings is 1. The summed E-state index contributed by atoms with van der Waals surface area (Å²) in [5, 5.41) is 2.05. The van der Waals surface area contributed by atoms with Crippen LogP contribution in [0.25, 0.3) is 0 Å². The Morgan fingerprint density at radius 2 is 1.94 bits per heavy atom. The van der Waals surface area contributed by atoms with Gasteiger partial charge in [0.1, 0.15) is 16.4 Å². The van der Waals surface area contributed by atoms with E-state index < -0.39 is 10.0 Å². The van der Waals surface area contributed by atoms with E-state index in [1.165, 1.54) is 36.8 Å². The number of rotatable bonds is 6. The van der Waals surface area contributed by atoms with Crippen molar-refractivity contribution >= 4 is 33.0 Å². The van der Waals surface area contributed by atoms with Crippen molar-refractivity contribution in [2.24, 2.45) is 0 Å². The van der Waals surface area contributed by atoms with Gasteiger partial charge in [-0.05, 0) is 60.2 Å². The summed E-state index contributed by atoms with van der Waals surface area (Å²) in [4.78, 5) is 16.3. The normalized spacial score (nSPS) is 13.4. The smallest absolute Gasteiger partial charge is 0.265 e. The van der Waals surface area contributed by atoms with Gasteiger partial charge >= 0.3 is 0 Å². The highest BCUT2D eigenvalue weighted by atomic mass is 32.2. The molecule has 0 saturated carbocycles. The van der Waals surface area contributed by atoms with Crippen molar-refractivity contribution < 1.29 is 22.7 Å². The van der Waals surface area contributed by atoms with Crippen LogP contribution in [0.4, 0.5) is 5.69 Å². The molecule has 0 bridgehead atoms. The third-order valence-corrected chi connectivity index (χ3v) is 7.97. The molecule has 0 unspecified atom stereocenters. The van der Waals surface area contributed by atoms with Crippen LogP contribution < -0.4 is 14.2 Å². The van der Waals surface area contributed by atoms with E-state index in [0.717, 1.165) is 6.42 Å². The van der Waals surface area contributed by atoms with E-state index in [-0.39, 0.29) is 16.6 Å². The zero-order chi connectivity index (χ0) is 22.9. The Bertz CT molecular complexity index is 1270. The molecule has 4 rings (SSSR count). The molecule has 0 spiro atoms. The van der Waals surface area contributed by atoms with Crippen molar-refractivity contribution in [2.45, 2.75) is 24.8 Å². The van der Waals surface area contributed by atoms with E-state index in [4.69, 9.17) is 9.47 Å². The molecule has 0 aliphatic carbocycles. The van der Waals surface area contributed by atoms with Crippen molar-refractivity contribution in [1.29, 1.82) is 0 Å². The molecule has 1 aliphatic heterocycles. The molecule has 1 amide bonds. The van der Waals surface area contributed by atoms with Gasteiger partial charge < -0.3 is 14.4 Å². The summed E-state index contributed by atoms with van der Waals surface area (Å²) in [7, 11) is -1.12. The summed E-state index contributed by atoms with van der Waals surface area (Å²) >= 11 is 1.72. The number of nitrogens with zero attached hydrogens (tertiary/aromatic N) is 1. The lowest BCUT2D eigenvalue weighted by Gasteiger charge is -2.28. The van der Waals surface area contributed by atoms with Gasteiger partial charge in [-0.1, -0.05) is 6.07 Å². The molecule has 0 saturated heterocycles. The number of hydrogen-bond donors (Lipinski definition) is 1. The van der Waals surface area contributed by atoms with Crippen LogP contribution in [-0.2, 0) is 23.0 Å². The Labute approximate surface area is 191 Å². The van der Waals surface area contributed by atoms with Crippen LogP contribution in [0.5, 0.6) is 11.5 Å². The number of ether oxygens (including phenoxy) is 2. The Balaban J connectivity index is 1.63. The Hall–Kier alpha value is -3.04.